The van der Waals surface area contributed by atoms with Crippen molar-refractivity contribution >= 4 is 17.6 Å². The largest absolute Gasteiger partial charge is 0.497 e. The number of ether oxygens (including phenoxy) is 3. The van der Waals surface area contributed by atoms with E-state index in [0.717, 1.165) is 41.2 Å². The molecule has 0 saturated heterocycles. The molecule has 0 radical (unpaired) electrons. The average molecular weight is 437 g/mol. The lowest BCUT2D eigenvalue weighted by Crippen LogP contribution is -2.32. The van der Waals surface area contributed by atoms with Crippen LogP contribution in [0.15, 0.2) is 47.6 Å². The summed E-state index contributed by atoms with van der Waals surface area (Å²) in [5, 5.41) is 6.46. The molecule has 168 valence electrons. The van der Waals surface area contributed by atoms with E-state index in [1.807, 2.05) is 36.4 Å². The topological polar surface area (TPSA) is 77.4 Å². The molecule has 7 heteroatoms. The van der Waals surface area contributed by atoms with Gasteiger partial charge in [0.05, 0.1) is 33.1 Å². The van der Waals surface area contributed by atoms with Gasteiger partial charge in [0.15, 0.2) is 0 Å². The number of hydrogen-bond donors (Lipinski definition) is 0. The minimum absolute atomic E-state index is 0.0903. The summed E-state index contributed by atoms with van der Waals surface area (Å²) in [6.45, 7) is 0. The summed E-state index contributed by atoms with van der Waals surface area (Å²) in [5.41, 5.74) is 4.20. The lowest BCUT2D eigenvalue weighted by Gasteiger charge is -2.30. The number of methoxy groups -OCH3 is 3. The Labute approximate surface area is 188 Å². The maximum absolute atomic E-state index is 13.2. The smallest absolute Gasteiger partial charge is 0.305 e. The molecule has 0 bridgehead atoms. The Morgan fingerprint density at radius 2 is 1.72 bits per heavy atom. The van der Waals surface area contributed by atoms with Gasteiger partial charge in [-0.3, -0.25) is 9.59 Å². The van der Waals surface area contributed by atoms with E-state index in [4.69, 9.17) is 19.3 Å². The first kappa shape index (κ1) is 21.9. The van der Waals surface area contributed by atoms with Crippen molar-refractivity contribution in [2.24, 2.45) is 11.0 Å². The van der Waals surface area contributed by atoms with Gasteiger partial charge in [0.25, 0.3) is 0 Å². The maximum Gasteiger partial charge on any atom is 0.305 e. The predicted molar refractivity (Wildman–Crippen MR) is 120 cm³/mol. The second-order valence-corrected chi connectivity index (χ2v) is 8.04. The Balaban J connectivity index is 1.67. The molecule has 7 nitrogen and oxygen atoms in total. The quantitative estimate of drug-likeness (QED) is 0.616. The molecule has 0 aromatic heterocycles. The van der Waals surface area contributed by atoms with Gasteiger partial charge in [0.1, 0.15) is 11.5 Å². The summed E-state index contributed by atoms with van der Waals surface area (Å²) in [4.78, 5) is 24.7. The fourth-order valence-corrected chi connectivity index (χ4v) is 4.56. The van der Waals surface area contributed by atoms with Crippen molar-refractivity contribution in [2.45, 2.75) is 38.1 Å². The Morgan fingerprint density at radius 3 is 2.41 bits per heavy atom. The van der Waals surface area contributed by atoms with Crippen molar-refractivity contribution in [3.63, 3.8) is 0 Å². The number of benzene rings is 2. The normalized spacial score (nSPS) is 19.0. The van der Waals surface area contributed by atoms with Crippen LogP contribution in [0, 0.1) is 5.92 Å². The Kier molecular flexibility index (Phi) is 6.44. The minimum Gasteiger partial charge on any atom is -0.497 e. The molecule has 0 N–H and O–H groups in total. The van der Waals surface area contributed by atoms with Crippen molar-refractivity contribution in [1.82, 2.24) is 5.01 Å². The molecule has 0 unspecified atom stereocenters. The highest BCUT2D eigenvalue weighted by molar-refractivity contribution is 6.07. The highest BCUT2D eigenvalue weighted by Crippen LogP contribution is 2.44. The van der Waals surface area contributed by atoms with E-state index in [1.54, 1.807) is 19.2 Å². The van der Waals surface area contributed by atoms with E-state index in [9.17, 15) is 9.59 Å². The molecule has 1 aliphatic carbocycles. The van der Waals surface area contributed by atoms with E-state index < -0.39 is 0 Å². The zero-order valence-corrected chi connectivity index (χ0v) is 18.7. The lowest BCUT2D eigenvalue weighted by atomic mass is 9.77. The van der Waals surface area contributed by atoms with Crippen molar-refractivity contribution in [3.8, 4) is 11.5 Å². The number of rotatable bonds is 7. The number of carbonyl (C=O) groups is 2. The molecule has 2 atom stereocenters. The highest BCUT2D eigenvalue weighted by atomic mass is 16.5. The first-order chi connectivity index (χ1) is 15.5. The van der Waals surface area contributed by atoms with Crippen molar-refractivity contribution < 1.29 is 23.8 Å². The van der Waals surface area contributed by atoms with Crippen LogP contribution >= 0.6 is 0 Å². The highest BCUT2D eigenvalue weighted by Gasteiger charge is 2.43. The predicted octanol–water partition coefficient (Wildman–Crippen LogP) is 3.90. The molecule has 32 heavy (non-hydrogen) atoms. The summed E-state index contributed by atoms with van der Waals surface area (Å²) in [7, 11) is 4.64. The van der Waals surface area contributed by atoms with Gasteiger partial charge in [0, 0.05) is 24.3 Å². The second-order valence-electron chi connectivity index (χ2n) is 8.04. The summed E-state index contributed by atoms with van der Waals surface area (Å²) in [5.74, 6) is 1.22. The number of hydrogen-bond acceptors (Lipinski definition) is 6. The molecule has 1 amide bonds. The van der Waals surface area contributed by atoms with Gasteiger partial charge in [0.2, 0.25) is 5.91 Å². The fourth-order valence-electron chi connectivity index (χ4n) is 4.56. The van der Waals surface area contributed by atoms with Crippen LogP contribution in [0.4, 0.5) is 0 Å². The van der Waals surface area contributed by atoms with E-state index in [-0.39, 0.29) is 36.7 Å². The third kappa shape index (κ3) is 4.20. The summed E-state index contributed by atoms with van der Waals surface area (Å²) < 4.78 is 15.4. The van der Waals surface area contributed by atoms with Crippen LogP contribution in [0.3, 0.4) is 0 Å². The van der Waals surface area contributed by atoms with Crippen molar-refractivity contribution in [1.29, 1.82) is 0 Å². The zero-order valence-electron chi connectivity index (χ0n) is 18.7. The first-order valence-electron chi connectivity index (χ1n) is 10.8. The molecule has 0 fully saturated rings. The van der Waals surface area contributed by atoms with E-state index in [2.05, 4.69) is 6.07 Å². The van der Waals surface area contributed by atoms with E-state index in [0.29, 0.717) is 6.42 Å². The molecule has 2 aromatic carbocycles. The molecular formula is C25H28N2O5. The van der Waals surface area contributed by atoms with Gasteiger partial charge in [-0.15, -0.1) is 0 Å². The van der Waals surface area contributed by atoms with Crippen molar-refractivity contribution in [2.75, 3.05) is 21.3 Å². The number of aryl methyl sites for hydroxylation is 1. The van der Waals surface area contributed by atoms with Crippen LogP contribution < -0.4 is 9.47 Å². The van der Waals surface area contributed by atoms with Crippen LogP contribution in [0.2, 0.25) is 0 Å². The molecule has 0 saturated carbocycles. The van der Waals surface area contributed by atoms with Crippen LogP contribution in [-0.4, -0.2) is 43.9 Å². The van der Waals surface area contributed by atoms with E-state index in [1.165, 1.54) is 12.7 Å². The number of nitrogens with zero attached hydrogens (tertiary/aromatic N) is 2. The summed E-state index contributed by atoms with van der Waals surface area (Å²) >= 11 is 0. The van der Waals surface area contributed by atoms with Crippen LogP contribution in [0.1, 0.15) is 48.4 Å². The maximum atomic E-state index is 13.2. The Bertz CT molecular complexity index is 1030. The standard InChI is InChI=1S/C25H28N2O5/c1-30-18-11-8-17(9-12-18)25-20-14-10-16-7-13-19(31-2)15-21(16)24(20)26-27(25)22(28)5-4-6-23(29)32-3/h7-9,11-13,15,20,25H,4-6,10,14H2,1-3H3/t20-,25-/m1/s1. The zero-order chi connectivity index (χ0) is 22.7. The monoisotopic (exact) mass is 436 g/mol. The molecular weight excluding hydrogens is 408 g/mol. The van der Waals surface area contributed by atoms with Gasteiger partial charge in [-0.05, 0) is 54.7 Å². The van der Waals surface area contributed by atoms with Crippen molar-refractivity contribution in [3.05, 3.63) is 59.2 Å². The lowest BCUT2D eigenvalue weighted by molar-refractivity contribution is -0.141. The first-order valence-corrected chi connectivity index (χ1v) is 10.8. The van der Waals surface area contributed by atoms with Gasteiger partial charge in [-0.25, -0.2) is 5.01 Å². The Hall–Kier alpha value is -3.35. The fraction of sp³-hybridized carbons (Fsp3) is 0.400. The van der Waals surface area contributed by atoms with Crippen LogP contribution in [0.5, 0.6) is 11.5 Å². The third-order valence-corrected chi connectivity index (χ3v) is 6.24. The number of hydrazone groups is 1. The number of fused-ring (bicyclic) bond motifs is 3. The molecule has 1 aliphatic heterocycles. The van der Waals surface area contributed by atoms with Gasteiger partial charge < -0.3 is 14.2 Å². The summed E-state index contributed by atoms with van der Waals surface area (Å²) in [6.07, 6.45) is 2.69. The molecule has 1 heterocycles. The van der Waals surface area contributed by atoms with Gasteiger partial charge in [-0.2, -0.15) is 5.10 Å². The average Bonchev–Trinajstić information content (AvgIpc) is 3.23. The third-order valence-electron chi connectivity index (χ3n) is 6.24. The second kappa shape index (κ2) is 9.42. The molecule has 0 spiro atoms. The van der Waals surface area contributed by atoms with Crippen LogP contribution in [-0.2, 0) is 20.7 Å². The minimum atomic E-state index is -0.313. The number of amides is 1. The molecule has 4 rings (SSSR count). The number of carbonyl (C=O) groups excluding carboxylic acids is 2. The summed E-state index contributed by atoms with van der Waals surface area (Å²) in [6, 6.07) is 13.7. The van der Waals surface area contributed by atoms with E-state index >= 15 is 0 Å². The SMILES string of the molecule is COC(=O)CCCC(=O)N1N=C2c3cc(OC)ccc3CC[C@H]2[C@H]1c1ccc(OC)cc1. The molecule has 2 aromatic rings. The Morgan fingerprint density at radius 1 is 1.00 bits per heavy atom. The van der Waals surface area contributed by atoms with Gasteiger partial charge in [-0.1, -0.05) is 18.2 Å². The number of esters is 1. The molecule has 2 aliphatic rings. The van der Waals surface area contributed by atoms with Crippen LogP contribution in [0.25, 0.3) is 0 Å². The van der Waals surface area contributed by atoms with Gasteiger partial charge >= 0.3 is 5.97 Å².